The summed E-state index contributed by atoms with van der Waals surface area (Å²) in [6, 6.07) is 10.9. The molecule has 0 radical (unpaired) electrons. The van der Waals surface area contributed by atoms with Crippen LogP contribution in [0.15, 0.2) is 52.9 Å². The summed E-state index contributed by atoms with van der Waals surface area (Å²) in [6.07, 6.45) is 10.7. The third-order valence-electron chi connectivity index (χ3n) is 11.4. The van der Waals surface area contributed by atoms with Gasteiger partial charge in [0.1, 0.15) is 15.7 Å². The molecule has 3 aliphatic carbocycles. The maximum atomic E-state index is 14.4. The zero-order valence-corrected chi connectivity index (χ0v) is 30.8. The van der Waals surface area contributed by atoms with Gasteiger partial charge in [0, 0.05) is 55.3 Å². The van der Waals surface area contributed by atoms with Crippen LogP contribution in [0.4, 0.5) is 10.5 Å². The van der Waals surface area contributed by atoms with E-state index in [1.807, 2.05) is 25.1 Å². The minimum atomic E-state index is -3.48. The van der Waals surface area contributed by atoms with Gasteiger partial charge in [-0.3, -0.25) is 9.52 Å². The molecule has 2 N–H and O–H groups in total. The van der Waals surface area contributed by atoms with Crippen molar-refractivity contribution in [1.82, 2.24) is 10.0 Å². The first-order chi connectivity index (χ1) is 24.1. The van der Waals surface area contributed by atoms with Crippen molar-refractivity contribution in [3.8, 4) is 5.75 Å². The number of hydrogen-bond donors (Lipinski definition) is 2. The molecular weight excluding hydrogens is 676 g/mol. The second-order valence-electron chi connectivity index (χ2n) is 15.1. The molecule has 10 nitrogen and oxygen atoms in total. The number of anilines is 1. The van der Waals surface area contributed by atoms with Gasteiger partial charge >= 0.3 is 6.03 Å². The fourth-order valence-electron chi connectivity index (χ4n) is 8.53. The third kappa shape index (κ3) is 7.43. The highest BCUT2D eigenvalue weighted by Crippen LogP contribution is 2.47. The van der Waals surface area contributed by atoms with Crippen molar-refractivity contribution in [3.05, 3.63) is 70.3 Å². The number of benzene rings is 2. The molecule has 0 unspecified atom stereocenters. The summed E-state index contributed by atoms with van der Waals surface area (Å²) in [4.78, 5) is 29.4. The number of methoxy groups -OCH3 is 2. The molecule has 5 aliphatic rings. The highest BCUT2D eigenvalue weighted by molar-refractivity contribution is 7.92. The van der Waals surface area contributed by atoms with Gasteiger partial charge in [-0.2, -0.15) is 0 Å². The number of nitrogens with zero attached hydrogens (tertiary/aromatic N) is 2. The van der Waals surface area contributed by atoms with E-state index in [0.29, 0.717) is 42.8 Å². The molecule has 1 spiro atoms. The van der Waals surface area contributed by atoms with Crippen molar-refractivity contribution >= 4 is 39.1 Å². The first-order valence-corrected chi connectivity index (χ1v) is 20.0. The lowest BCUT2D eigenvalue weighted by molar-refractivity contribution is 0.0131. The SMILES string of the molecule is COC[C@@H]1C[C@@H]1NC(=O)N[S@@]1(=O)=NC(=O)c2ccc3c(c2)N(C[C@@H]2CC[C@H]2[C@@H](OC)/C=C/C[C@H](C)C1)C[C@@]1(CCCc2cc(Cl)ccc21)CO3. The number of carbonyl (C=O) groups excluding carboxylic acids is 2. The number of urea groups is 1. The lowest BCUT2D eigenvalue weighted by Gasteiger charge is -2.46. The molecular formula is C38H49ClN4O6S. The molecule has 2 saturated carbocycles. The molecule has 2 aliphatic heterocycles. The fourth-order valence-corrected chi connectivity index (χ4v) is 10.6. The second-order valence-corrected chi connectivity index (χ2v) is 17.5. The van der Waals surface area contributed by atoms with Crippen LogP contribution in [0.1, 0.15) is 66.9 Å². The van der Waals surface area contributed by atoms with Crippen LogP contribution in [0.25, 0.3) is 0 Å². The Hall–Kier alpha value is -3.12. The van der Waals surface area contributed by atoms with Gasteiger partial charge < -0.3 is 24.4 Å². The first-order valence-electron chi connectivity index (χ1n) is 17.9. The number of fused-ring (bicyclic) bond motifs is 4. The Morgan fingerprint density at radius 1 is 1.20 bits per heavy atom. The van der Waals surface area contributed by atoms with Crippen LogP contribution in [-0.4, -0.2) is 74.6 Å². The van der Waals surface area contributed by atoms with Gasteiger partial charge in [-0.15, -0.1) is 4.36 Å². The van der Waals surface area contributed by atoms with E-state index in [-0.39, 0.29) is 35.1 Å². The largest absolute Gasteiger partial charge is 0.490 e. The van der Waals surface area contributed by atoms with Gasteiger partial charge in [0.05, 0.1) is 30.8 Å². The van der Waals surface area contributed by atoms with Crippen molar-refractivity contribution in [1.29, 1.82) is 0 Å². The number of aryl methyl sites for hydroxylation is 1. The average Bonchev–Trinajstić information content (AvgIpc) is 3.82. The van der Waals surface area contributed by atoms with Crippen LogP contribution in [0.5, 0.6) is 5.75 Å². The van der Waals surface area contributed by atoms with E-state index in [4.69, 9.17) is 25.8 Å². The molecule has 2 bridgehead atoms. The van der Waals surface area contributed by atoms with Gasteiger partial charge in [0.2, 0.25) is 0 Å². The van der Waals surface area contributed by atoms with Crippen molar-refractivity contribution in [2.75, 3.05) is 51.2 Å². The van der Waals surface area contributed by atoms with Gasteiger partial charge in [-0.1, -0.05) is 36.7 Å². The number of carbonyl (C=O) groups is 2. The van der Waals surface area contributed by atoms with Crippen LogP contribution >= 0.6 is 11.6 Å². The standard InChI is InChI=1S/C38H49ClN4O6S/c1-24-6-4-8-34(48-3)30-12-9-27(30)19-43-22-38(15-5-7-25-16-29(39)11-13-31(25)38)23-49-35-14-10-26(18-33(35)43)36(44)41-50(46,21-24)42-37(45)40-32-17-28(32)20-47-2/h4,8,10-11,13-14,16,18,24,27-28,30,32,34H,5-7,9,12,15,17,19-23H2,1-3H3,(H2,40,41,42,44,45,46)/b8-4+/t24-,27-,28-,30+,32-,34-,38-,50-/m0/s1. The van der Waals surface area contributed by atoms with Crippen LogP contribution in [0, 0.1) is 23.7 Å². The number of hydrogen-bond acceptors (Lipinski definition) is 7. The Balaban J connectivity index is 1.26. The molecule has 0 aromatic heterocycles. The van der Waals surface area contributed by atoms with Crippen LogP contribution < -0.4 is 19.7 Å². The average molecular weight is 725 g/mol. The van der Waals surface area contributed by atoms with Crippen LogP contribution in [0.2, 0.25) is 5.02 Å². The van der Waals surface area contributed by atoms with Crippen molar-refractivity contribution in [3.63, 3.8) is 0 Å². The van der Waals surface area contributed by atoms with Crippen molar-refractivity contribution in [2.45, 2.75) is 69.4 Å². The Morgan fingerprint density at radius 2 is 2.06 bits per heavy atom. The number of ether oxygens (including phenoxy) is 3. The van der Waals surface area contributed by atoms with Gasteiger partial charge in [0.15, 0.2) is 0 Å². The predicted molar refractivity (Wildman–Crippen MR) is 195 cm³/mol. The smallest absolute Gasteiger partial charge is 0.327 e. The molecule has 2 aromatic rings. The predicted octanol–water partition coefficient (Wildman–Crippen LogP) is 6.31. The first kappa shape index (κ1) is 35.3. The highest BCUT2D eigenvalue weighted by atomic mass is 35.5. The lowest BCUT2D eigenvalue weighted by Crippen LogP contribution is -2.49. The second kappa shape index (κ2) is 14.5. The normalized spacial score (nSPS) is 34.2. The molecule has 3 amide bonds. The fraction of sp³-hybridized carbons (Fsp3) is 0.579. The number of allylic oxidation sites excluding steroid dienone is 1. The van der Waals surface area contributed by atoms with E-state index in [9.17, 15) is 13.8 Å². The molecule has 2 aromatic carbocycles. The molecule has 2 fully saturated rings. The van der Waals surface area contributed by atoms with Crippen LogP contribution in [0.3, 0.4) is 0 Å². The third-order valence-corrected chi connectivity index (χ3v) is 13.6. The number of rotatable bonds is 5. The van der Waals surface area contributed by atoms with Gasteiger partial charge in [-0.05, 0) is 104 Å². The number of halogens is 1. The minimum Gasteiger partial charge on any atom is -0.490 e. The Bertz CT molecular complexity index is 1780. The topological polar surface area (TPSA) is 119 Å². The van der Waals surface area contributed by atoms with Crippen molar-refractivity contribution < 1.29 is 28.0 Å². The zero-order chi connectivity index (χ0) is 35.0. The summed E-state index contributed by atoms with van der Waals surface area (Å²) in [5.41, 5.74) is 3.43. The summed E-state index contributed by atoms with van der Waals surface area (Å²) >= 11 is 6.45. The minimum absolute atomic E-state index is 0.0263. The molecule has 2 heterocycles. The maximum absolute atomic E-state index is 14.4. The van der Waals surface area contributed by atoms with Crippen LogP contribution in [-0.2, 0) is 31.2 Å². The lowest BCUT2D eigenvalue weighted by atomic mass is 9.68. The van der Waals surface area contributed by atoms with E-state index >= 15 is 0 Å². The zero-order valence-electron chi connectivity index (χ0n) is 29.2. The molecule has 12 heteroatoms. The molecule has 0 saturated heterocycles. The van der Waals surface area contributed by atoms with Gasteiger partial charge in [-0.25, -0.2) is 9.00 Å². The summed E-state index contributed by atoms with van der Waals surface area (Å²) in [6.45, 7) is 4.52. The summed E-state index contributed by atoms with van der Waals surface area (Å²) in [5.74, 6) is 0.941. The summed E-state index contributed by atoms with van der Waals surface area (Å²) < 4.78 is 39.2. The molecule has 50 heavy (non-hydrogen) atoms. The summed E-state index contributed by atoms with van der Waals surface area (Å²) in [5, 5.41) is 3.62. The van der Waals surface area contributed by atoms with Gasteiger partial charge in [0.25, 0.3) is 5.91 Å². The van der Waals surface area contributed by atoms with E-state index < -0.39 is 21.9 Å². The van der Waals surface area contributed by atoms with E-state index in [0.717, 1.165) is 62.3 Å². The number of amides is 3. The quantitative estimate of drug-likeness (QED) is 0.347. The molecule has 7 rings (SSSR count). The van der Waals surface area contributed by atoms with E-state index in [1.54, 1.807) is 20.3 Å². The monoisotopic (exact) mass is 724 g/mol. The molecule has 8 atom stereocenters. The highest BCUT2D eigenvalue weighted by Gasteiger charge is 2.44. The number of nitrogens with one attached hydrogen (secondary N) is 2. The van der Waals surface area contributed by atoms with Crippen molar-refractivity contribution in [2.24, 2.45) is 28.0 Å². The Morgan fingerprint density at radius 3 is 2.84 bits per heavy atom. The Labute approximate surface area is 300 Å². The van der Waals surface area contributed by atoms with E-state index in [1.165, 1.54) is 11.1 Å². The summed E-state index contributed by atoms with van der Waals surface area (Å²) in [7, 11) is -0.0843. The Kier molecular flexibility index (Phi) is 10.2. The maximum Gasteiger partial charge on any atom is 0.327 e. The van der Waals surface area contributed by atoms with E-state index in [2.05, 4.69) is 43.6 Å². The molecule has 270 valence electrons.